The Labute approximate surface area is 74.5 Å². The van der Waals surface area contributed by atoms with Crippen LogP contribution in [0.4, 0.5) is 17.6 Å². The molecule has 2 unspecified atom stereocenters. The maximum absolute atomic E-state index is 12.5. The van der Waals surface area contributed by atoms with Gasteiger partial charge in [0.1, 0.15) is 0 Å². The fraction of sp³-hybridized carbons (Fsp3) is 1.00. The summed E-state index contributed by atoms with van der Waals surface area (Å²) in [6, 6.07) is 0. The van der Waals surface area contributed by atoms with Crippen molar-refractivity contribution in [2.45, 2.75) is 31.6 Å². The Kier molecular flexibility index (Phi) is 3.53. The van der Waals surface area contributed by atoms with E-state index in [1.165, 1.54) is 0 Å². The molecule has 0 aromatic heterocycles. The highest BCUT2D eigenvalue weighted by Crippen LogP contribution is 2.29. The molecule has 13 heavy (non-hydrogen) atoms. The van der Waals surface area contributed by atoms with E-state index in [2.05, 4.69) is 5.32 Å². The highest BCUT2D eigenvalue weighted by molar-refractivity contribution is 4.75. The van der Waals surface area contributed by atoms with Crippen LogP contribution in [0, 0.1) is 5.92 Å². The van der Waals surface area contributed by atoms with Gasteiger partial charge in [0.05, 0.1) is 0 Å². The number of hydrogen-bond acceptors (Lipinski definition) is 1. The Bertz CT molecular complexity index is 151. The Morgan fingerprint density at radius 2 is 2.08 bits per heavy atom. The molecular formula is C8H13F4N. The molecule has 1 aliphatic heterocycles. The lowest BCUT2D eigenvalue weighted by Gasteiger charge is -2.24. The molecule has 0 aromatic rings. The predicted molar refractivity (Wildman–Crippen MR) is 41.2 cm³/mol. The minimum absolute atomic E-state index is 0.162. The number of piperidine rings is 1. The van der Waals surface area contributed by atoms with Crippen molar-refractivity contribution in [3.63, 3.8) is 0 Å². The molecule has 1 nitrogen and oxygen atoms in total. The number of hydrogen-bond donors (Lipinski definition) is 1. The molecule has 0 radical (unpaired) electrons. The first-order valence-corrected chi connectivity index (χ1v) is 4.41. The molecule has 0 spiro atoms. The Balaban J connectivity index is 2.30. The van der Waals surface area contributed by atoms with Gasteiger partial charge in [-0.2, -0.15) is 13.2 Å². The molecule has 1 saturated heterocycles. The maximum Gasteiger partial charge on any atom is 0.419 e. The quantitative estimate of drug-likeness (QED) is 0.673. The van der Waals surface area contributed by atoms with E-state index in [-0.39, 0.29) is 5.92 Å². The lowest BCUT2D eigenvalue weighted by atomic mass is 9.94. The average Bonchev–Trinajstić information content (AvgIpc) is 2.04. The maximum atomic E-state index is 12.5. The monoisotopic (exact) mass is 199 g/mol. The van der Waals surface area contributed by atoms with Crippen molar-refractivity contribution in [3.8, 4) is 0 Å². The van der Waals surface area contributed by atoms with E-state index in [1.54, 1.807) is 0 Å². The van der Waals surface area contributed by atoms with Crippen LogP contribution in [-0.2, 0) is 0 Å². The van der Waals surface area contributed by atoms with Gasteiger partial charge in [-0.1, -0.05) is 0 Å². The second kappa shape index (κ2) is 4.26. The summed E-state index contributed by atoms with van der Waals surface area (Å²) in [6.07, 6.45) is -6.19. The fourth-order valence-corrected chi connectivity index (χ4v) is 1.55. The zero-order valence-electron chi connectivity index (χ0n) is 7.20. The van der Waals surface area contributed by atoms with E-state index in [4.69, 9.17) is 0 Å². The Morgan fingerprint density at radius 3 is 2.54 bits per heavy atom. The summed E-state index contributed by atoms with van der Waals surface area (Å²) in [5.41, 5.74) is 0. The molecule has 0 aliphatic carbocycles. The normalized spacial score (nSPS) is 27.2. The summed E-state index contributed by atoms with van der Waals surface area (Å²) >= 11 is 0. The third-order valence-corrected chi connectivity index (χ3v) is 2.29. The van der Waals surface area contributed by atoms with Crippen molar-refractivity contribution in [1.82, 2.24) is 5.32 Å². The molecule has 78 valence electrons. The highest BCUT2D eigenvalue weighted by Gasteiger charge is 2.41. The molecule has 1 heterocycles. The molecule has 1 fully saturated rings. The molecule has 0 aromatic carbocycles. The van der Waals surface area contributed by atoms with Gasteiger partial charge in [0.2, 0.25) is 0 Å². The van der Waals surface area contributed by atoms with E-state index >= 15 is 0 Å². The summed E-state index contributed by atoms with van der Waals surface area (Å²) < 4.78 is 48.0. The van der Waals surface area contributed by atoms with Crippen molar-refractivity contribution in [2.75, 3.05) is 13.1 Å². The largest absolute Gasteiger partial charge is 0.419 e. The van der Waals surface area contributed by atoms with Gasteiger partial charge < -0.3 is 5.32 Å². The summed E-state index contributed by atoms with van der Waals surface area (Å²) in [6.45, 7) is 1.34. The second-order valence-corrected chi connectivity index (χ2v) is 3.46. The number of rotatable bonds is 2. The molecule has 1 aliphatic rings. The molecule has 0 bridgehead atoms. The van der Waals surface area contributed by atoms with Gasteiger partial charge in [0, 0.05) is 0 Å². The van der Waals surface area contributed by atoms with Gasteiger partial charge in [-0.3, -0.25) is 0 Å². The van der Waals surface area contributed by atoms with Crippen molar-refractivity contribution in [2.24, 2.45) is 5.92 Å². The molecule has 2 atom stereocenters. The van der Waals surface area contributed by atoms with Crippen LogP contribution >= 0.6 is 0 Å². The van der Waals surface area contributed by atoms with E-state index < -0.39 is 18.8 Å². The Hall–Kier alpha value is -0.320. The molecule has 1 N–H and O–H groups in total. The van der Waals surface area contributed by atoms with Crippen LogP contribution in [0.5, 0.6) is 0 Å². The van der Waals surface area contributed by atoms with Crippen molar-refractivity contribution < 1.29 is 17.6 Å². The third-order valence-electron chi connectivity index (χ3n) is 2.29. The van der Waals surface area contributed by atoms with E-state index in [0.717, 1.165) is 13.0 Å². The van der Waals surface area contributed by atoms with Gasteiger partial charge in [-0.25, -0.2) is 4.39 Å². The van der Waals surface area contributed by atoms with Gasteiger partial charge in [-0.05, 0) is 38.3 Å². The van der Waals surface area contributed by atoms with E-state index in [1.807, 2.05) is 0 Å². The summed E-state index contributed by atoms with van der Waals surface area (Å²) in [5.74, 6) is -0.162. The zero-order valence-corrected chi connectivity index (χ0v) is 7.20. The lowest BCUT2D eigenvalue weighted by Crippen LogP contribution is -2.34. The first kappa shape index (κ1) is 10.8. The molecule has 5 heteroatoms. The number of halogens is 4. The van der Waals surface area contributed by atoms with Crippen molar-refractivity contribution in [3.05, 3.63) is 0 Å². The van der Waals surface area contributed by atoms with Crippen LogP contribution in [0.25, 0.3) is 0 Å². The second-order valence-electron chi connectivity index (χ2n) is 3.46. The predicted octanol–water partition coefficient (Wildman–Crippen LogP) is 2.28. The van der Waals surface area contributed by atoms with Gasteiger partial charge in [0.25, 0.3) is 0 Å². The standard InChI is InChI=1S/C8H13F4N/c9-7(8(10,11)12)4-6-2-1-3-13-5-6/h6-7,13H,1-5H2. The van der Waals surface area contributed by atoms with Crippen molar-refractivity contribution in [1.29, 1.82) is 0 Å². The van der Waals surface area contributed by atoms with Gasteiger partial charge >= 0.3 is 6.18 Å². The SMILES string of the molecule is FC(CC1CCCNC1)C(F)(F)F. The fourth-order valence-electron chi connectivity index (χ4n) is 1.55. The summed E-state index contributed by atoms with van der Waals surface area (Å²) in [4.78, 5) is 0. The number of alkyl halides is 4. The number of nitrogens with one attached hydrogen (secondary N) is 1. The molecule has 1 rings (SSSR count). The molecule has 0 amide bonds. The summed E-state index contributed by atoms with van der Waals surface area (Å²) in [7, 11) is 0. The minimum Gasteiger partial charge on any atom is -0.316 e. The topological polar surface area (TPSA) is 12.0 Å². The van der Waals surface area contributed by atoms with Crippen LogP contribution in [0.2, 0.25) is 0 Å². The average molecular weight is 199 g/mol. The van der Waals surface area contributed by atoms with Gasteiger partial charge in [-0.15, -0.1) is 0 Å². The van der Waals surface area contributed by atoms with Crippen molar-refractivity contribution >= 4 is 0 Å². The van der Waals surface area contributed by atoms with E-state index in [9.17, 15) is 17.6 Å². The zero-order chi connectivity index (χ0) is 9.90. The van der Waals surface area contributed by atoms with E-state index in [0.29, 0.717) is 13.0 Å². The first-order valence-electron chi connectivity index (χ1n) is 4.41. The van der Waals surface area contributed by atoms with Gasteiger partial charge in [0.15, 0.2) is 6.17 Å². The van der Waals surface area contributed by atoms with Crippen LogP contribution in [0.1, 0.15) is 19.3 Å². The van der Waals surface area contributed by atoms with Crippen LogP contribution in [0.3, 0.4) is 0 Å². The van der Waals surface area contributed by atoms with Crippen LogP contribution in [-0.4, -0.2) is 25.4 Å². The molecule has 0 saturated carbocycles. The van der Waals surface area contributed by atoms with Crippen LogP contribution in [0.15, 0.2) is 0 Å². The third kappa shape index (κ3) is 3.50. The Morgan fingerprint density at radius 1 is 1.38 bits per heavy atom. The summed E-state index contributed by atoms with van der Waals surface area (Å²) in [5, 5.41) is 2.96. The first-order chi connectivity index (χ1) is 6.00. The molecular weight excluding hydrogens is 186 g/mol. The minimum atomic E-state index is -4.68. The lowest BCUT2D eigenvalue weighted by molar-refractivity contribution is -0.185. The smallest absolute Gasteiger partial charge is 0.316 e. The highest BCUT2D eigenvalue weighted by atomic mass is 19.4. The van der Waals surface area contributed by atoms with Crippen LogP contribution < -0.4 is 5.32 Å².